The Kier molecular flexibility index (Phi) is 6.96. The third-order valence-electron chi connectivity index (χ3n) is 3.24. The van der Waals surface area contributed by atoms with Crippen LogP contribution in [0.2, 0.25) is 0 Å². The van der Waals surface area contributed by atoms with Crippen LogP contribution in [0.1, 0.15) is 50.2 Å². The van der Waals surface area contributed by atoms with Crippen LogP contribution in [0.4, 0.5) is 0 Å². The molecule has 2 heteroatoms. The highest BCUT2D eigenvalue weighted by atomic mass is 32.1. The van der Waals surface area contributed by atoms with Gasteiger partial charge in [0.25, 0.3) is 0 Å². The Morgan fingerprint density at radius 2 is 1.94 bits per heavy atom. The first-order valence-electron chi connectivity index (χ1n) is 6.72. The Hall–Kier alpha value is -0.890. The van der Waals surface area contributed by atoms with E-state index in [0.29, 0.717) is 5.92 Å². The second kappa shape index (κ2) is 8.25. The van der Waals surface area contributed by atoms with Crippen LogP contribution in [-0.4, -0.2) is 12.4 Å². The van der Waals surface area contributed by atoms with Gasteiger partial charge >= 0.3 is 0 Å². The van der Waals surface area contributed by atoms with E-state index in [-0.39, 0.29) is 0 Å². The van der Waals surface area contributed by atoms with Crippen molar-refractivity contribution in [3.63, 3.8) is 0 Å². The van der Waals surface area contributed by atoms with E-state index in [2.05, 4.69) is 57.3 Å². The maximum atomic E-state index is 5.63. The van der Waals surface area contributed by atoms with Gasteiger partial charge < -0.3 is 4.74 Å². The summed E-state index contributed by atoms with van der Waals surface area (Å²) in [5.41, 5.74) is 2.46. The van der Waals surface area contributed by atoms with Gasteiger partial charge in [0, 0.05) is 5.56 Å². The molecule has 18 heavy (non-hydrogen) atoms. The van der Waals surface area contributed by atoms with E-state index in [4.69, 9.17) is 4.74 Å². The van der Waals surface area contributed by atoms with Crippen molar-refractivity contribution < 1.29 is 4.74 Å². The zero-order chi connectivity index (χ0) is 13.4. The predicted molar refractivity (Wildman–Crippen MR) is 83.2 cm³/mol. The van der Waals surface area contributed by atoms with Gasteiger partial charge in [-0.2, -0.15) is 12.6 Å². The monoisotopic (exact) mass is 264 g/mol. The lowest BCUT2D eigenvalue weighted by atomic mass is 9.97. The molecule has 100 valence electrons. The van der Waals surface area contributed by atoms with Crippen molar-refractivity contribution in [2.75, 3.05) is 12.4 Å². The number of hydrogen-bond acceptors (Lipinski definition) is 2. The van der Waals surface area contributed by atoms with E-state index < -0.39 is 0 Å². The van der Waals surface area contributed by atoms with Crippen molar-refractivity contribution in [3.05, 3.63) is 42.0 Å². The maximum absolute atomic E-state index is 5.63. The van der Waals surface area contributed by atoms with E-state index >= 15 is 0 Å². The summed E-state index contributed by atoms with van der Waals surface area (Å²) in [6.07, 6.45) is 3.29. The second-order valence-corrected chi connectivity index (χ2v) is 5.08. The highest BCUT2D eigenvalue weighted by molar-refractivity contribution is 7.80. The summed E-state index contributed by atoms with van der Waals surface area (Å²) in [7, 11) is 0. The summed E-state index contributed by atoms with van der Waals surface area (Å²) in [4.78, 5) is 0. The van der Waals surface area contributed by atoms with Crippen LogP contribution in [0.25, 0.3) is 5.76 Å². The van der Waals surface area contributed by atoms with Crippen molar-refractivity contribution in [2.24, 2.45) is 0 Å². The number of thiol groups is 1. The molecular formula is C16H24OS. The second-order valence-electron chi connectivity index (χ2n) is 4.63. The van der Waals surface area contributed by atoms with E-state index in [1.54, 1.807) is 0 Å². The van der Waals surface area contributed by atoms with Gasteiger partial charge in [-0.05, 0) is 36.5 Å². The molecule has 0 bridgehead atoms. The van der Waals surface area contributed by atoms with Gasteiger partial charge in [-0.25, -0.2) is 0 Å². The van der Waals surface area contributed by atoms with Gasteiger partial charge in [0.15, 0.2) is 0 Å². The fraction of sp³-hybridized carbons (Fsp3) is 0.500. The van der Waals surface area contributed by atoms with Crippen LogP contribution >= 0.6 is 12.6 Å². The number of hydrogen-bond donors (Lipinski definition) is 1. The molecule has 0 saturated heterocycles. The first kappa shape index (κ1) is 15.2. The number of unbranched alkanes of at least 4 members (excludes halogenated alkanes) is 1. The number of ether oxygens (including phenoxy) is 1. The van der Waals surface area contributed by atoms with Crippen molar-refractivity contribution in [2.45, 2.75) is 39.0 Å². The molecule has 0 amide bonds. The zero-order valence-electron chi connectivity index (χ0n) is 11.5. The Morgan fingerprint density at radius 3 is 2.50 bits per heavy atom. The minimum Gasteiger partial charge on any atom is -0.494 e. The SMILES string of the molecule is C=C(OCCCCS)c1ccc(C(C)CC)cc1. The highest BCUT2D eigenvalue weighted by Gasteiger charge is 2.04. The molecule has 0 aromatic heterocycles. The fourth-order valence-corrected chi connectivity index (χ4v) is 1.95. The average molecular weight is 264 g/mol. The molecule has 0 spiro atoms. The summed E-state index contributed by atoms with van der Waals surface area (Å²) in [6, 6.07) is 8.54. The van der Waals surface area contributed by atoms with Crippen molar-refractivity contribution in [1.82, 2.24) is 0 Å². The summed E-state index contributed by atoms with van der Waals surface area (Å²) in [5.74, 6) is 2.30. The predicted octanol–water partition coefficient (Wildman–Crippen LogP) is 4.90. The van der Waals surface area contributed by atoms with Crippen LogP contribution in [0.3, 0.4) is 0 Å². The number of benzene rings is 1. The Bertz CT molecular complexity index is 356. The first-order chi connectivity index (χ1) is 8.69. The standard InChI is InChI=1S/C16H24OS/c1-4-13(2)15-7-9-16(10-8-15)14(3)17-11-5-6-12-18/h7-10,13,18H,3-6,11-12H2,1-2H3. The van der Waals surface area contributed by atoms with Crippen LogP contribution in [0.5, 0.6) is 0 Å². The van der Waals surface area contributed by atoms with Crippen LogP contribution in [0, 0.1) is 0 Å². The zero-order valence-corrected chi connectivity index (χ0v) is 12.4. The average Bonchev–Trinajstić information content (AvgIpc) is 2.42. The normalized spacial score (nSPS) is 12.2. The molecule has 0 heterocycles. The summed E-state index contributed by atoms with van der Waals surface area (Å²) in [6.45, 7) is 9.16. The molecule has 1 atom stereocenters. The molecule has 0 fully saturated rings. The van der Waals surface area contributed by atoms with E-state index in [0.717, 1.165) is 36.5 Å². The van der Waals surface area contributed by atoms with Gasteiger partial charge in [-0.1, -0.05) is 44.7 Å². The third kappa shape index (κ3) is 4.77. The molecule has 1 aromatic rings. The lowest BCUT2D eigenvalue weighted by molar-refractivity contribution is 0.271. The molecule has 0 saturated carbocycles. The molecule has 1 unspecified atom stereocenters. The molecule has 1 aromatic carbocycles. The summed E-state index contributed by atoms with van der Waals surface area (Å²) >= 11 is 4.18. The molecule has 0 radical (unpaired) electrons. The lowest BCUT2D eigenvalue weighted by Gasteiger charge is -2.12. The number of rotatable bonds is 8. The first-order valence-corrected chi connectivity index (χ1v) is 7.35. The van der Waals surface area contributed by atoms with E-state index in [1.165, 1.54) is 12.0 Å². The molecule has 1 nitrogen and oxygen atoms in total. The maximum Gasteiger partial charge on any atom is 0.119 e. The molecule has 0 N–H and O–H groups in total. The lowest BCUT2D eigenvalue weighted by Crippen LogP contribution is -1.96. The molecule has 1 rings (SSSR count). The summed E-state index contributed by atoms with van der Waals surface area (Å²) in [5, 5.41) is 0. The Morgan fingerprint density at radius 1 is 1.28 bits per heavy atom. The Labute approximate surface area is 117 Å². The van der Waals surface area contributed by atoms with Gasteiger partial charge in [0.2, 0.25) is 0 Å². The molecule has 0 aliphatic rings. The Balaban J connectivity index is 2.49. The van der Waals surface area contributed by atoms with Crippen molar-refractivity contribution in [1.29, 1.82) is 0 Å². The quantitative estimate of drug-likeness (QED) is 0.399. The fourth-order valence-electron chi connectivity index (χ4n) is 1.73. The van der Waals surface area contributed by atoms with Crippen LogP contribution in [0.15, 0.2) is 30.8 Å². The topological polar surface area (TPSA) is 9.23 Å². The van der Waals surface area contributed by atoms with Gasteiger partial charge in [-0.3, -0.25) is 0 Å². The minimum absolute atomic E-state index is 0.614. The van der Waals surface area contributed by atoms with E-state index in [1.807, 2.05) is 0 Å². The van der Waals surface area contributed by atoms with Gasteiger partial charge in [0.1, 0.15) is 5.76 Å². The van der Waals surface area contributed by atoms with Gasteiger partial charge in [0.05, 0.1) is 6.61 Å². The van der Waals surface area contributed by atoms with E-state index in [9.17, 15) is 0 Å². The van der Waals surface area contributed by atoms with Gasteiger partial charge in [-0.15, -0.1) is 0 Å². The van der Waals surface area contributed by atoms with Crippen molar-refractivity contribution in [3.8, 4) is 0 Å². The minimum atomic E-state index is 0.614. The third-order valence-corrected chi connectivity index (χ3v) is 3.56. The van der Waals surface area contributed by atoms with Crippen LogP contribution < -0.4 is 0 Å². The smallest absolute Gasteiger partial charge is 0.119 e. The largest absolute Gasteiger partial charge is 0.494 e. The molecule has 0 aliphatic carbocycles. The van der Waals surface area contributed by atoms with Crippen molar-refractivity contribution >= 4 is 18.4 Å². The summed E-state index contributed by atoms with van der Waals surface area (Å²) < 4.78 is 5.63. The molecule has 0 aliphatic heterocycles. The molecular weight excluding hydrogens is 240 g/mol. The highest BCUT2D eigenvalue weighted by Crippen LogP contribution is 2.21. The van der Waals surface area contributed by atoms with Crippen LogP contribution in [-0.2, 0) is 4.74 Å².